The van der Waals surface area contributed by atoms with Gasteiger partial charge in [0.25, 0.3) is 0 Å². The number of alkyl halides is 1. The number of nitrogens with zero attached hydrogens (tertiary/aromatic N) is 2. The van der Waals surface area contributed by atoms with E-state index in [0.717, 1.165) is 0 Å². The lowest BCUT2D eigenvalue weighted by Gasteiger charge is -2.02. The maximum absolute atomic E-state index is 5.91. The molecule has 0 radical (unpaired) electrons. The van der Waals surface area contributed by atoms with Gasteiger partial charge in [0.15, 0.2) is 5.16 Å². The largest absolute Gasteiger partial charge is 0.210 e. The average Bonchev–Trinajstić information content (AvgIpc) is 2.16. The molecule has 0 aliphatic carbocycles. The van der Waals surface area contributed by atoms with Crippen LogP contribution >= 0.6 is 46.6 Å². The molecule has 14 heavy (non-hydrogen) atoms. The van der Waals surface area contributed by atoms with E-state index in [-0.39, 0.29) is 0 Å². The highest BCUT2D eigenvalue weighted by Gasteiger charge is 2.07. The Hall–Kier alpha value is 0.0400. The maximum atomic E-state index is 5.91. The van der Waals surface area contributed by atoms with Crippen LogP contribution in [-0.4, -0.2) is 22.1 Å². The fraction of sp³-hybridized carbons (Fsp3) is 0.250. The normalized spacial score (nSPS) is 11.1. The number of hydrogen-bond donors (Lipinski definition) is 0. The minimum absolute atomic E-state index is 0.343. The van der Waals surface area contributed by atoms with Crippen molar-refractivity contribution in [3.63, 3.8) is 0 Å². The molecule has 0 amide bonds. The maximum Gasteiger partial charge on any atom is 0.190 e. The van der Waals surface area contributed by atoms with E-state index in [2.05, 4.69) is 9.97 Å². The van der Waals surface area contributed by atoms with E-state index in [1.807, 2.05) is 6.26 Å². The molecule has 0 bridgehead atoms. The van der Waals surface area contributed by atoms with E-state index >= 15 is 0 Å². The van der Waals surface area contributed by atoms with Crippen molar-refractivity contribution in [2.75, 3.05) is 12.1 Å². The summed E-state index contributed by atoms with van der Waals surface area (Å²) in [6.45, 7) is 0. The molecular weight excluding hydrogens is 263 g/mol. The highest BCUT2D eigenvalue weighted by atomic mass is 35.5. The summed E-state index contributed by atoms with van der Waals surface area (Å²) >= 11 is 18.7. The van der Waals surface area contributed by atoms with Crippen LogP contribution in [-0.2, 0) is 0 Å². The van der Waals surface area contributed by atoms with Gasteiger partial charge in [-0.15, -0.1) is 11.6 Å². The van der Waals surface area contributed by atoms with Crippen molar-refractivity contribution in [2.24, 2.45) is 0 Å². The average molecular weight is 270 g/mol. The Morgan fingerprint density at radius 3 is 2.29 bits per heavy atom. The van der Waals surface area contributed by atoms with Crippen LogP contribution in [0.15, 0.2) is 11.2 Å². The minimum atomic E-state index is 0.343. The topological polar surface area (TPSA) is 25.8 Å². The highest BCUT2D eigenvalue weighted by Crippen LogP contribution is 2.25. The van der Waals surface area contributed by atoms with Crippen molar-refractivity contribution in [1.29, 1.82) is 0 Å². The molecule has 0 aliphatic rings. The lowest BCUT2D eigenvalue weighted by Crippen LogP contribution is -1.91. The van der Waals surface area contributed by atoms with Crippen LogP contribution in [0.4, 0.5) is 0 Å². The predicted molar refractivity (Wildman–Crippen MR) is 63.6 cm³/mol. The second kappa shape index (κ2) is 5.81. The molecule has 0 atom stereocenters. The lowest BCUT2D eigenvalue weighted by molar-refractivity contribution is 0.967. The molecule has 0 spiro atoms. The van der Waals surface area contributed by atoms with Gasteiger partial charge in [0, 0.05) is 11.4 Å². The zero-order valence-electron chi connectivity index (χ0n) is 7.30. The smallest absolute Gasteiger partial charge is 0.190 e. The monoisotopic (exact) mass is 268 g/mol. The van der Waals surface area contributed by atoms with E-state index in [9.17, 15) is 0 Å². The number of halogens is 3. The molecule has 0 unspecified atom stereocenters. The van der Waals surface area contributed by atoms with Gasteiger partial charge in [0.1, 0.15) is 10.3 Å². The van der Waals surface area contributed by atoms with Gasteiger partial charge in [0.2, 0.25) is 0 Å². The number of rotatable bonds is 3. The Morgan fingerprint density at radius 2 is 1.86 bits per heavy atom. The summed E-state index contributed by atoms with van der Waals surface area (Å²) in [5.74, 6) is 0.400. The molecule has 0 N–H and O–H groups in total. The molecule has 2 nitrogen and oxygen atoms in total. The summed E-state index contributed by atoms with van der Waals surface area (Å²) in [4.78, 5) is 8.09. The van der Waals surface area contributed by atoms with E-state index in [1.165, 1.54) is 11.8 Å². The van der Waals surface area contributed by atoms with Gasteiger partial charge in [-0.3, -0.25) is 0 Å². The first-order chi connectivity index (χ1) is 6.69. The van der Waals surface area contributed by atoms with Gasteiger partial charge < -0.3 is 0 Å². The van der Waals surface area contributed by atoms with Gasteiger partial charge >= 0.3 is 0 Å². The van der Waals surface area contributed by atoms with Crippen molar-refractivity contribution < 1.29 is 0 Å². The number of thioether (sulfide) groups is 1. The Bertz CT molecular complexity index is 331. The summed E-state index contributed by atoms with van der Waals surface area (Å²) in [5, 5.41) is 1.24. The second-order valence-corrected chi connectivity index (χ2v) is 4.06. The SMILES string of the molecule is CSc1nc(Cl)c(C=CCCl)c(Cl)n1. The summed E-state index contributed by atoms with van der Waals surface area (Å²) in [6.07, 6.45) is 5.30. The van der Waals surface area contributed by atoms with Gasteiger partial charge in [-0.05, 0) is 6.26 Å². The Labute approximate surface area is 102 Å². The van der Waals surface area contributed by atoms with Crippen molar-refractivity contribution >= 4 is 52.6 Å². The molecule has 1 heterocycles. The van der Waals surface area contributed by atoms with Gasteiger partial charge in [-0.25, -0.2) is 9.97 Å². The third kappa shape index (κ3) is 3.02. The quantitative estimate of drug-likeness (QED) is 0.362. The molecule has 1 aromatic rings. The molecule has 0 aliphatic heterocycles. The van der Waals surface area contributed by atoms with Crippen LogP contribution < -0.4 is 0 Å². The third-order valence-electron chi connectivity index (χ3n) is 1.39. The van der Waals surface area contributed by atoms with Gasteiger partial charge in [-0.1, -0.05) is 47.1 Å². The summed E-state index contributed by atoms with van der Waals surface area (Å²) in [6, 6.07) is 0. The second-order valence-electron chi connectivity index (χ2n) is 2.26. The first-order valence-corrected chi connectivity index (χ1v) is 6.20. The molecular formula is C8H7Cl3N2S. The molecule has 0 saturated heterocycles. The van der Waals surface area contributed by atoms with Gasteiger partial charge in [-0.2, -0.15) is 0 Å². The first kappa shape index (κ1) is 12.1. The van der Waals surface area contributed by atoms with Crippen molar-refractivity contribution in [2.45, 2.75) is 5.16 Å². The van der Waals surface area contributed by atoms with E-state index in [1.54, 1.807) is 12.2 Å². The van der Waals surface area contributed by atoms with Crippen LogP contribution in [0.1, 0.15) is 5.56 Å². The molecule has 6 heteroatoms. The molecule has 0 fully saturated rings. The molecule has 1 rings (SSSR count). The highest BCUT2D eigenvalue weighted by molar-refractivity contribution is 7.98. The summed E-state index contributed by atoms with van der Waals surface area (Å²) < 4.78 is 0. The third-order valence-corrected chi connectivity index (χ3v) is 2.69. The molecule has 1 aromatic heterocycles. The fourth-order valence-corrected chi connectivity index (χ4v) is 1.86. The van der Waals surface area contributed by atoms with Crippen molar-refractivity contribution in [1.82, 2.24) is 9.97 Å². The number of aromatic nitrogens is 2. The zero-order chi connectivity index (χ0) is 10.6. The van der Waals surface area contributed by atoms with E-state index < -0.39 is 0 Å². The Kier molecular flexibility index (Phi) is 5.02. The van der Waals surface area contributed by atoms with E-state index in [0.29, 0.717) is 26.9 Å². The summed E-state index contributed by atoms with van der Waals surface area (Å²) in [7, 11) is 0. The van der Waals surface area contributed by atoms with Crippen LogP contribution in [0.2, 0.25) is 10.3 Å². The van der Waals surface area contributed by atoms with Crippen LogP contribution in [0.3, 0.4) is 0 Å². The Balaban J connectivity index is 3.11. The van der Waals surface area contributed by atoms with Crippen molar-refractivity contribution in [3.8, 4) is 0 Å². The molecule has 0 aromatic carbocycles. The van der Waals surface area contributed by atoms with E-state index in [4.69, 9.17) is 34.8 Å². The number of allylic oxidation sites excluding steroid dienone is 1. The predicted octanol–water partition coefficient (Wildman–Crippen LogP) is 3.76. The van der Waals surface area contributed by atoms with Crippen molar-refractivity contribution in [3.05, 3.63) is 21.9 Å². The number of hydrogen-bond acceptors (Lipinski definition) is 3. The Morgan fingerprint density at radius 1 is 1.29 bits per heavy atom. The van der Waals surface area contributed by atoms with Crippen LogP contribution in [0.5, 0.6) is 0 Å². The van der Waals surface area contributed by atoms with Gasteiger partial charge in [0.05, 0.1) is 0 Å². The summed E-state index contributed by atoms with van der Waals surface area (Å²) in [5.41, 5.74) is 0.604. The standard InChI is InChI=1S/C8H7Cl3N2S/c1-14-8-12-6(10)5(3-2-4-9)7(11)13-8/h2-3H,4H2,1H3. The lowest BCUT2D eigenvalue weighted by atomic mass is 10.3. The fourth-order valence-electron chi connectivity index (χ4n) is 0.790. The molecule has 0 saturated carbocycles. The van der Waals surface area contributed by atoms with Crippen LogP contribution in [0.25, 0.3) is 6.08 Å². The molecule has 76 valence electrons. The zero-order valence-corrected chi connectivity index (χ0v) is 10.4. The first-order valence-electron chi connectivity index (χ1n) is 3.68. The minimum Gasteiger partial charge on any atom is -0.210 e. The van der Waals surface area contributed by atoms with Crippen LogP contribution in [0, 0.1) is 0 Å².